The van der Waals surface area contributed by atoms with Crippen LogP contribution in [-0.4, -0.2) is 19.0 Å². The van der Waals surface area contributed by atoms with E-state index < -0.39 is 0 Å². The molecule has 100 valence electrons. The molecule has 0 spiro atoms. The summed E-state index contributed by atoms with van der Waals surface area (Å²) in [6.45, 7) is 5.65. The quantitative estimate of drug-likeness (QED) is 0.748. The first-order valence-electron chi connectivity index (χ1n) is 7.15. The summed E-state index contributed by atoms with van der Waals surface area (Å²) in [5, 5.41) is 2.97. The van der Waals surface area contributed by atoms with E-state index in [-0.39, 0.29) is 11.8 Å². The standard InChI is InChI=1S/C14H28N2O/c1-3-7-16-14(17)13(10-15)9-12-6-4-5-11(2)8-12/h11-13H,3-10,15H2,1-2H3,(H,16,17). The minimum Gasteiger partial charge on any atom is -0.356 e. The number of nitrogens with one attached hydrogen (secondary N) is 1. The lowest BCUT2D eigenvalue weighted by Crippen LogP contribution is -2.37. The highest BCUT2D eigenvalue weighted by Crippen LogP contribution is 2.32. The van der Waals surface area contributed by atoms with Gasteiger partial charge in [-0.25, -0.2) is 0 Å². The molecule has 3 nitrogen and oxygen atoms in total. The molecule has 3 atom stereocenters. The second kappa shape index (κ2) is 7.70. The molecule has 17 heavy (non-hydrogen) atoms. The van der Waals surface area contributed by atoms with E-state index in [1.807, 2.05) is 0 Å². The van der Waals surface area contributed by atoms with Crippen LogP contribution in [0, 0.1) is 17.8 Å². The molecule has 0 aromatic carbocycles. The molecule has 1 rings (SSSR count). The first-order chi connectivity index (χ1) is 8.17. The molecule has 1 fully saturated rings. The Balaban J connectivity index is 2.37. The van der Waals surface area contributed by atoms with Crippen molar-refractivity contribution in [1.82, 2.24) is 5.32 Å². The van der Waals surface area contributed by atoms with Gasteiger partial charge in [-0.1, -0.05) is 33.1 Å². The Bertz CT molecular complexity index is 230. The number of carbonyl (C=O) groups excluding carboxylic acids is 1. The molecule has 3 unspecified atom stereocenters. The molecule has 0 aromatic heterocycles. The highest BCUT2D eigenvalue weighted by molar-refractivity contribution is 5.78. The highest BCUT2D eigenvalue weighted by Gasteiger charge is 2.25. The fourth-order valence-corrected chi connectivity index (χ4v) is 2.88. The van der Waals surface area contributed by atoms with E-state index in [4.69, 9.17) is 5.73 Å². The van der Waals surface area contributed by atoms with Crippen LogP contribution in [0.5, 0.6) is 0 Å². The Morgan fingerprint density at radius 1 is 1.47 bits per heavy atom. The summed E-state index contributed by atoms with van der Waals surface area (Å²) in [4.78, 5) is 11.9. The van der Waals surface area contributed by atoms with Crippen LogP contribution in [0.3, 0.4) is 0 Å². The minimum absolute atomic E-state index is 0.0249. The van der Waals surface area contributed by atoms with Gasteiger partial charge in [0.2, 0.25) is 5.91 Å². The van der Waals surface area contributed by atoms with E-state index in [1.165, 1.54) is 25.7 Å². The zero-order valence-electron chi connectivity index (χ0n) is 11.4. The minimum atomic E-state index is 0.0249. The Morgan fingerprint density at radius 2 is 2.24 bits per heavy atom. The molecular formula is C14H28N2O. The first kappa shape index (κ1) is 14.5. The summed E-state index contributed by atoms with van der Waals surface area (Å²) in [6, 6.07) is 0. The Kier molecular flexibility index (Phi) is 6.56. The van der Waals surface area contributed by atoms with Crippen molar-refractivity contribution in [2.75, 3.05) is 13.1 Å². The van der Waals surface area contributed by atoms with Gasteiger partial charge < -0.3 is 11.1 Å². The summed E-state index contributed by atoms with van der Waals surface area (Å²) in [5.74, 6) is 1.72. The van der Waals surface area contributed by atoms with Crippen LogP contribution < -0.4 is 11.1 Å². The predicted molar refractivity (Wildman–Crippen MR) is 71.6 cm³/mol. The van der Waals surface area contributed by atoms with Crippen LogP contribution in [-0.2, 0) is 4.79 Å². The van der Waals surface area contributed by atoms with Crippen molar-refractivity contribution in [1.29, 1.82) is 0 Å². The van der Waals surface area contributed by atoms with Gasteiger partial charge in [0.25, 0.3) is 0 Å². The van der Waals surface area contributed by atoms with Crippen LogP contribution in [0.2, 0.25) is 0 Å². The van der Waals surface area contributed by atoms with Crippen molar-refractivity contribution in [2.45, 2.75) is 52.4 Å². The Hall–Kier alpha value is -0.570. The average Bonchev–Trinajstić information content (AvgIpc) is 2.33. The molecule has 0 heterocycles. The molecule has 3 heteroatoms. The van der Waals surface area contributed by atoms with E-state index in [0.717, 1.165) is 25.3 Å². The van der Waals surface area contributed by atoms with Gasteiger partial charge in [-0.15, -0.1) is 0 Å². The number of hydrogen-bond acceptors (Lipinski definition) is 2. The maximum Gasteiger partial charge on any atom is 0.224 e. The van der Waals surface area contributed by atoms with Crippen LogP contribution in [0.15, 0.2) is 0 Å². The molecule has 0 bridgehead atoms. The Morgan fingerprint density at radius 3 is 2.82 bits per heavy atom. The molecule has 0 saturated heterocycles. The van der Waals surface area contributed by atoms with Crippen molar-refractivity contribution in [3.63, 3.8) is 0 Å². The fourth-order valence-electron chi connectivity index (χ4n) is 2.88. The van der Waals surface area contributed by atoms with Crippen molar-refractivity contribution >= 4 is 5.91 Å². The van der Waals surface area contributed by atoms with Gasteiger partial charge in [-0.3, -0.25) is 4.79 Å². The van der Waals surface area contributed by atoms with Gasteiger partial charge in [-0.05, 0) is 31.1 Å². The monoisotopic (exact) mass is 240 g/mol. The third kappa shape index (κ3) is 5.07. The maximum absolute atomic E-state index is 11.9. The molecule has 3 N–H and O–H groups in total. The van der Waals surface area contributed by atoms with Crippen molar-refractivity contribution in [3.05, 3.63) is 0 Å². The van der Waals surface area contributed by atoms with Gasteiger partial charge in [-0.2, -0.15) is 0 Å². The maximum atomic E-state index is 11.9. The van der Waals surface area contributed by atoms with E-state index >= 15 is 0 Å². The second-order valence-electron chi connectivity index (χ2n) is 5.60. The number of rotatable bonds is 6. The summed E-state index contributed by atoms with van der Waals surface area (Å²) < 4.78 is 0. The first-order valence-corrected chi connectivity index (χ1v) is 7.15. The summed E-state index contributed by atoms with van der Waals surface area (Å²) in [6.07, 6.45) is 7.20. The highest BCUT2D eigenvalue weighted by atomic mass is 16.1. The van der Waals surface area contributed by atoms with Gasteiger partial charge in [0.15, 0.2) is 0 Å². The summed E-state index contributed by atoms with van der Waals surface area (Å²) >= 11 is 0. The number of amides is 1. The smallest absolute Gasteiger partial charge is 0.224 e. The summed E-state index contributed by atoms with van der Waals surface area (Å²) in [5.41, 5.74) is 5.74. The topological polar surface area (TPSA) is 55.1 Å². The predicted octanol–water partition coefficient (Wildman–Crippen LogP) is 2.30. The molecule has 1 aliphatic rings. The lowest BCUT2D eigenvalue weighted by atomic mass is 9.78. The number of nitrogens with two attached hydrogens (primary N) is 1. The largest absolute Gasteiger partial charge is 0.356 e. The van der Waals surface area contributed by atoms with Crippen LogP contribution in [0.4, 0.5) is 0 Å². The van der Waals surface area contributed by atoms with Crippen molar-refractivity contribution in [3.8, 4) is 0 Å². The zero-order chi connectivity index (χ0) is 12.7. The molecule has 0 aliphatic heterocycles. The zero-order valence-corrected chi connectivity index (χ0v) is 11.4. The van der Waals surface area contributed by atoms with Crippen LogP contribution >= 0.6 is 0 Å². The SMILES string of the molecule is CCCNC(=O)C(CN)CC1CCCC(C)C1. The van der Waals surface area contributed by atoms with Crippen molar-refractivity contribution in [2.24, 2.45) is 23.5 Å². The van der Waals surface area contributed by atoms with E-state index in [1.54, 1.807) is 0 Å². The van der Waals surface area contributed by atoms with Gasteiger partial charge in [0.05, 0.1) is 5.92 Å². The second-order valence-corrected chi connectivity index (χ2v) is 5.60. The molecular weight excluding hydrogens is 212 g/mol. The lowest BCUT2D eigenvalue weighted by Gasteiger charge is -2.29. The van der Waals surface area contributed by atoms with E-state index in [0.29, 0.717) is 12.5 Å². The molecule has 1 saturated carbocycles. The van der Waals surface area contributed by atoms with E-state index in [2.05, 4.69) is 19.2 Å². The molecule has 1 amide bonds. The fraction of sp³-hybridized carbons (Fsp3) is 0.929. The van der Waals surface area contributed by atoms with Gasteiger partial charge >= 0.3 is 0 Å². The van der Waals surface area contributed by atoms with Crippen molar-refractivity contribution < 1.29 is 4.79 Å². The third-order valence-corrected chi connectivity index (χ3v) is 3.87. The number of carbonyl (C=O) groups is 1. The normalized spacial score (nSPS) is 26.5. The third-order valence-electron chi connectivity index (χ3n) is 3.87. The molecule has 1 aliphatic carbocycles. The van der Waals surface area contributed by atoms with Gasteiger partial charge in [0, 0.05) is 13.1 Å². The van der Waals surface area contributed by atoms with Crippen LogP contribution in [0.25, 0.3) is 0 Å². The van der Waals surface area contributed by atoms with E-state index in [9.17, 15) is 4.79 Å². The lowest BCUT2D eigenvalue weighted by molar-refractivity contribution is -0.125. The number of hydrogen-bond donors (Lipinski definition) is 2. The summed E-state index contributed by atoms with van der Waals surface area (Å²) in [7, 11) is 0. The molecule has 0 aromatic rings. The van der Waals surface area contributed by atoms with Crippen LogP contribution in [0.1, 0.15) is 52.4 Å². The van der Waals surface area contributed by atoms with Gasteiger partial charge in [0.1, 0.15) is 0 Å². The molecule has 0 radical (unpaired) electrons. The Labute approximate surface area is 106 Å². The average molecular weight is 240 g/mol.